The van der Waals surface area contributed by atoms with Crippen LogP contribution in [0.25, 0.3) is 0 Å². The fraction of sp³-hybridized carbons (Fsp3) is 0.588. The summed E-state index contributed by atoms with van der Waals surface area (Å²) in [7, 11) is 1.64. The molecule has 1 aliphatic heterocycles. The Morgan fingerprint density at radius 1 is 1.36 bits per heavy atom. The monoisotopic (exact) mass is 350 g/mol. The highest BCUT2D eigenvalue weighted by molar-refractivity contribution is 5.93. The maximum atomic E-state index is 12.4. The zero-order valence-corrected chi connectivity index (χ0v) is 14.8. The number of piperidine rings is 1. The number of amides is 2. The molecule has 2 heterocycles. The molecule has 0 saturated carbocycles. The Balaban J connectivity index is 1.82. The van der Waals surface area contributed by atoms with Crippen molar-refractivity contribution in [1.82, 2.24) is 15.2 Å². The van der Waals surface area contributed by atoms with Crippen molar-refractivity contribution in [3.63, 3.8) is 0 Å². The van der Waals surface area contributed by atoms with E-state index in [0.29, 0.717) is 51.4 Å². The van der Waals surface area contributed by atoms with Crippen molar-refractivity contribution in [3.8, 4) is 0 Å². The van der Waals surface area contributed by atoms with Gasteiger partial charge in [-0.3, -0.25) is 9.78 Å². The van der Waals surface area contributed by atoms with E-state index in [2.05, 4.69) is 15.6 Å². The molecule has 1 saturated heterocycles. The summed E-state index contributed by atoms with van der Waals surface area (Å²) in [6.45, 7) is 4.56. The summed E-state index contributed by atoms with van der Waals surface area (Å²) < 4.78 is 9.98. The van der Waals surface area contributed by atoms with Gasteiger partial charge >= 0.3 is 6.09 Å². The lowest BCUT2D eigenvalue weighted by Gasteiger charge is -2.31. The van der Waals surface area contributed by atoms with Crippen LogP contribution in [-0.2, 0) is 9.47 Å². The van der Waals surface area contributed by atoms with Gasteiger partial charge in [0.1, 0.15) is 5.69 Å². The molecule has 0 atom stereocenters. The topological polar surface area (TPSA) is 92.8 Å². The lowest BCUT2D eigenvalue weighted by atomic mass is 10.1. The van der Waals surface area contributed by atoms with Gasteiger partial charge in [-0.25, -0.2) is 4.79 Å². The summed E-state index contributed by atoms with van der Waals surface area (Å²) in [5.41, 5.74) is 1.20. The molecule has 0 spiro atoms. The zero-order chi connectivity index (χ0) is 18.1. The van der Waals surface area contributed by atoms with Crippen molar-refractivity contribution in [1.29, 1.82) is 0 Å². The number of carbonyl (C=O) groups is 2. The van der Waals surface area contributed by atoms with E-state index in [1.165, 1.54) is 0 Å². The second-order valence-electron chi connectivity index (χ2n) is 5.78. The van der Waals surface area contributed by atoms with E-state index in [1.54, 1.807) is 31.2 Å². The lowest BCUT2D eigenvalue weighted by molar-refractivity contribution is 0.0856. The third kappa shape index (κ3) is 5.90. The van der Waals surface area contributed by atoms with E-state index < -0.39 is 0 Å². The van der Waals surface area contributed by atoms with Gasteiger partial charge in [0.2, 0.25) is 0 Å². The highest BCUT2D eigenvalue weighted by atomic mass is 16.6. The number of hydrogen-bond acceptors (Lipinski definition) is 6. The van der Waals surface area contributed by atoms with Crippen LogP contribution in [0.3, 0.4) is 0 Å². The molecular weight excluding hydrogens is 324 g/mol. The molecule has 2 amide bonds. The number of hydrogen-bond donors (Lipinski definition) is 2. The number of likely N-dealkylation sites (tertiary alicyclic amines) is 1. The van der Waals surface area contributed by atoms with Crippen LogP contribution in [-0.4, -0.2) is 67.9 Å². The van der Waals surface area contributed by atoms with E-state index in [-0.39, 0.29) is 18.0 Å². The Kier molecular flexibility index (Phi) is 7.46. The second-order valence-corrected chi connectivity index (χ2v) is 5.78. The first-order valence-electron chi connectivity index (χ1n) is 8.55. The van der Waals surface area contributed by atoms with Crippen molar-refractivity contribution in [2.75, 3.05) is 45.3 Å². The van der Waals surface area contributed by atoms with Crippen molar-refractivity contribution < 1.29 is 19.1 Å². The summed E-state index contributed by atoms with van der Waals surface area (Å²) in [5.74, 6) is -0.204. The van der Waals surface area contributed by atoms with Crippen LogP contribution in [0.4, 0.5) is 10.5 Å². The molecule has 1 aromatic heterocycles. The highest BCUT2D eigenvalue weighted by Crippen LogP contribution is 2.13. The number of methoxy groups -OCH3 is 1. The number of nitrogens with zero attached hydrogens (tertiary/aromatic N) is 2. The Bertz CT molecular complexity index is 574. The number of rotatable bonds is 7. The van der Waals surface area contributed by atoms with Crippen LogP contribution in [0, 0.1) is 0 Å². The zero-order valence-electron chi connectivity index (χ0n) is 14.8. The van der Waals surface area contributed by atoms with E-state index in [9.17, 15) is 9.59 Å². The Morgan fingerprint density at radius 2 is 2.12 bits per heavy atom. The van der Waals surface area contributed by atoms with E-state index >= 15 is 0 Å². The maximum Gasteiger partial charge on any atom is 0.409 e. The molecule has 0 unspecified atom stereocenters. The first-order valence-corrected chi connectivity index (χ1v) is 8.55. The quantitative estimate of drug-likeness (QED) is 0.724. The van der Waals surface area contributed by atoms with Crippen LogP contribution < -0.4 is 10.6 Å². The van der Waals surface area contributed by atoms with Gasteiger partial charge in [-0.2, -0.15) is 0 Å². The molecule has 1 fully saturated rings. The summed E-state index contributed by atoms with van der Waals surface area (Å²) >= 11 is 0. The maximum absolute atomic E-state index is 12.4. The van der Waals surface area contributed by atoms with E-state index in [1.807, 2.05) is 6.07 Å². The number of ether oxygens (including phenoxy) is 2. The summed E-state index contributed by atoms with van der Waals surface area (Å²) in [5, 5.41) is 6.16. The summed E-state index contributed by atoms with van der Waals surface area (Å²) in [6, 6.07) is 3.56. The molecule has 2 rings (SSSR count). The third-order valence-electron chi connectivity index (χ3n) is 3.98. The molecule has 1 aromatic rings. The minimum atomic E-state index is -0.288. The SMILES string of the molecule is CCOC(=O)N1CCC(NC(=O)c2cc(NCCOC)ccn2)CC1. The molecule has 0 radical (unpaired) electrons. The smallest absolute Gasteiger partial charge is 0.409 e. The van der Waals surface area contributed by atoms with Crippen LogP contribution >= 0.6 is 0 Å². The largest absolute Gasteiger partial charge is 0.450 e. The van der Waals surface area contributed by atoms with Gasteiger partial charge in [0.15, 0.2) is 0 Å². The van der Waals surface area contributed by atoms with Crippen molar-refractivity contribution in [3.05, 3.63) is 24.0 Å². The normalized spacial score (nSPS) is 14.9. The van der Waals surface area contributed by atoms with Gasteiger partial charge < -0.3 is 25.0 Å². The standard InChI is InChI=1S/C17H26N4O4/c1-3-25-17(23)21-9-5-13(6-10-21)20-16(22)15-12-14(4-7-19-15)18-8-11-24-2/h4,7,12-13H,3,5-6,8-11H2,1-2H3,(H,18,19)(H,20,22). The number of pyridine rings is 1. The number of aromatic nitrogens is 1. The van der Waals surface area contributed by atoms with Crippen molar-refractivity contribution in [2.45, 2.75) is 25.8 Å². The molecule has 0 aromatic carbocycles. The van der Waals surface area contributed by atoms with Crippen molar-refractivity contribution >= 4 is 17.7 Å². The summed E-state index contributed by atoms with van der Waals surface area (Å²) in [6.07, 6.45) is 2.73. The number of nitrogens with one attached hydrogen (secondary N) is 2. The molecule has 25 heavy (non-hydrogen) atoms. The van der Waals surface area contributed by atoms with Gasteiger partial charge in [0, 0.05) is 44.7 Å². The molecule has 2 N–H and O–H groups in total. The van der Waals surface area contributed by atoms with Gasteiger partial charge in [-0.15, -0.1) is 0 Å². The van der Waals surface area contributed by atoms with E-state index in [4.69, 9.17) is 9.47 Å². The minimum absolute atomic E-state index is 0.0325. The van der Waals surface area contributed by atoms with Gasteiger partial charge in [0.05, 0.1) is 13.2 Å². The van der Waals surface area contributed by atoms with Gasteiger partial charge in [-0.1, -0.05) is 0 Å². The predicted molar refractivity (Wildman–Crippen MR) is 93.7 cm³/mol. The first kappa shape index (κ1) is 19.0. The van der Waals surface area contributed by atoms with Crippen LogP contribution in [0.2, 0.25) is 0 Å². The Hall–Kier alpha value is -2.35. The van der Waals surface area contributed by atoms with Crippen LogP contribution in [0.15, 0.2) is 18.3 Å². The molecule has 8 heteroatoms. The lowest BCUT2D eigenvalue weighted by Crippen LogP contribution is -2.46. The molecule has 138 valence electrons. The number of carbonyl (C=O) groups excluding carboxylic acids is 2. The fourth-order valence-corrected chi connectivity index (χ4v) is 2.64. The average Bonchev–Trinajstić information content (AvgIpc) is 2.63. The van der Waals surface area contributed by atoms with Gasteiger partial charge in [0.25, 0.3) is 5.91 Å². The Labute approximate surface area is 147 Å². The Morgan fingerprint density at radius 3 is 2.80 bits per heavy atom. The fourth-order valence-electron chi connectivity index (χ4n) is 2.64. The van der Waals surface area contributed by atoms with E-state index in [0.717, 1.165) is 5.69 Å². The molecule has 1 aliphatic rings. The van der Waals surface area contributed by atoms with Gasteiger partial charge in [-0.05, 0) is 31.9 Å². The average molecular weight is 350 g/mol. The van der Waals surface area contributed by atoms with Crippen LogP contribution in [0.5, 0.6) is 0 Å². The predicted octanol–water partition coefficient (Wildman–Crippen LogP) is 1.49. The number of anilines is 1. The first-order chi connectivity index (χ1) is 12.1. The second kappa shape index (κ2) is 9.83. The molecule has 0 aliphatic carbocycles. The van der Waals surface area contributed by atoms with Crippen molar-refractivity contribution in [2.24, 2.45) is 0 Å². The molecule has 0 bridgehead atoms. The highest BCUT2D eigenvalue weighted by Gasteiger charge is 2.25. The molecular formula is C17H26N4O4. The molecule has 8 nitrogen and oxygen atoms in total. The summed E-state index contributed by atoms with van der Waals surface area (Å²) in [4.78, 5) is 29.9. The minimum Gasteiger partial charge on any atom is -0.450 e. The third-order valence-corrected chi connectivity index (χ3v) is 3.98. The van der Waals surface area contributed by atoms with Crippen LogP contribution in [0.1, 0.15) is 30.3 Å².